The summed E-state index contributed by atoms with van der Waals surface area (Å²) < 4.78 is 22.0. The standard InChI is InChI=1S/C36H45N11O6/c37-29-10-14-31(15-11-29)43-36-45-34(40-17-21-52-24-23-50-19-4-7-32(48)27-5-2-1-3-6-27)44-35(46-36)42-30-12-8-28(9-13-30)33(49)39-16-20-51-25-26-53-22-18-41-47-38/h1-3,5-6,8-15H,4,7,16-26,37H2,(H,39,49)(H3,40,42,43,44,45,46). The number of amides is 1. The highest BCUT2D eigenvalue weighted by molar-refractivity contribution is 5.96. The van der Waals surface area contributed by atoms with Gasteiger partial charge >= 0.3 is 0 Å². The molecule has 4 rings (SSSR count). The van der Waals surface area contributed by atoms with Crippen molar-refractivity contribution in [2.24, 2.45) is 5.11 Å². The maximum atomic E-state index is 12.6. The van der Waals surface area contributed by atoms with Crippen LogP contribution in [0.25, 0.3) is 10.4 Å². The molecule has 280 valence electrons. The number of ether oxygens (including phenoxy) is 4. The van der Waals surface area contributed by atoms with E-state index in [9.17, 15) is 9.59 Å². The summed E-state index contributed by atoms with van der Waals surface area (Å²) in [6.07, 6.45) is 1.09. The number of carbonyl (C=O) groups is 2. The maximum absolute atomic E-state index is 12.6. The van der Waals surface area contributed by atoms with Gasteiger partial charge < -0.3 is 45.9 Å². The molecule has 3 aromatic carbocycles. The van der Waals surface area contributed by atoms with Crippen molar-refractivity contribution in [1.82, 2.24) is 20.3 Å². The van der Waals surface area contributed by atoms with Crippen LogP contribution in [-0.4, -0.2) is 99.1 Å². The second-order valence-corrected chi connectivity index (χ2v) is 11.2. The van der Waals surface area contributed by atoms with Crippen molar-refractivity contribution in [2.75, 3.05) is 94.2 Å². The molecule has 0 saturated heterocycles. The van der Waals surface area contributed by atoms with Gasteiger partial charge in [-0.05, 0) is 60.5 Å². The van der Waals surface area contributed by atoms with E-state index < -0.39 is 0 Å². The van der Waals surface area contributed by atoms with Gasteiger partial charge in [-0.3, -0.25) is 9.59 Å². The lowest BCUT2D eigenvalue weighted by Gasteiger charge is -2.12. The van der Waals surface area contributed by atoms with Gasteiger partial charge in [-0.15, -0.1) is 0 Å². The normalized spacial score (nSPS) is 10.6. The van der Waals surface area contributed by atoms with E-state index in [2.05, 4.69) is 46.2 Å². The van der Waals surface area contributed by atoms with Crippen molar-refractivity contribution in [3.8, 4) is 0 Å². The molecule has 0 aliphatic heterocycles. The summed E-state index contributed by atoms with van der Waals surface area (Å²) in [5.74, 6) is 0.764. The summed E-state index contributed by atoms with van der Waals surface area (Å²) in [5.41, 5.74) is 17.3. The molecule has 0 spiro atoms. The van der Waals surface area contributed by atoms with E-state index in [-0.39, 0.29) is 24.2 Å². The van der Waals surface area contributed by atoms with Gasteiger partial charge in [0.1, 0.15) is 0 Å². The molecular formula is C36H45N11O6. The average molecular weight is 728 g/mol. The number of hydrogen-bond acceptors (Lipinski definition) is 14. The molecule has 0 bridgehead atoms. The zero-order valence-corrected chi connectivity index (χ0v) is 29.4. The number of anilines is 6. The van der Waals surface area contributed by atoms with Crippen LogP contribution in [0.4, 0.5) is 34.9 Å². The molecule has 17 nitrogen and oxygen atoms in total. The number of ketones is 1. The van der Waals surface area contributed by atoms with Crippen molar-refractivity contribution >= 4 is 46.6 Å². The highest BCUT2D eigenvalue weighted by Crippen LogP contribution is 2.20. The molecule has 0 aliphatic carbocycles. The van der Waals surface area contributed by atoms with Gasteiger partial charge in [-0.1, -0.05) is 35.4 Å². The first-order chi connectivity index (χ1) is 26.0. The fraction of sp³-hybridized carbons (Fsp3) is 0.361. The number of nitrogens with one attached hydrogen (secondary N) is 4. The number of carbonyl (C=O) groups excluding carboxylic acids is 2. The van der Waals surface area contributed by atoms with Crippen molar-refractivity contribution in [2.45, 2.75) is 12.8 Å². The Balaban J connectivity index is 1.19. The lowest BCUT2D eigenvalue weighted by molar-refractivity contribution is 0.0497. The van der Waals surface area contributed by atoms with Crippen molar-refractivity contribution in [3.05, 3.63) is 100 Å². The van der Waals surface area contributed by atoms with E-state index in [0.29, 0.717) is 113 Å². The van der Waals surface area contributed by atoms with Crippen LogP contribution in [0, 0.1) is 0 Å². The van der Waals surface area contributed by atoms with Crippen LogP contribution in [0.3, 0.4) is 0 Å². The molecule has 1 amide bonds. The van der Waals surface area contributed by atoms with E-state index in [0.717, 1.165) is 5.69 Å². The molecule has 6 N–H and O–H groups in total. The van der Waals surface area contributed by atoms with Gasteiger partial charge in [0.25, 0.3) is 5.91 Å². The Kier molecular flexibility index (Phi) is 17.8. The third-order valence-corrected chi connectivity index (χ3v) is 7.20. The highest BCUT2D eigenvalue weighted by atomic mass is 16.5. The first kappa shape index (κ1) is 39.9. The Morgan fingerprint density at radius 3 is 1.87 bits per heavy atom. The number of nitrogens with two attached hydrogens (primary N) is 1. The van der Waals surface area contributed by atoms with Crippen LogP contribution >= 0.6 is 0 Å². The summed E-state index contributed by atoms with van der Waals surface area (Å²) in [6.45, 7) is 4.12. The third-order valence-electron chi connectivity index (χ3n) is 7.20. The molecular weight excluding hydrogens is 682 g/mol. The van der Waals surface area contributed by atoms with Gasteiger partial charge in [0.2, 0.25) is 17.8 Å². The van der Waals surface area contributed by atoms with Crippen LogP contribution in [0.5, 0.6) is 0 Å². The Morgan fingerprint density at radius 2 is 1.23 bits per heavy atom. The fourth-order valence-electron chi connectivity index (χ4n) is 4.57. The molecule has 53 heavy (non-hydrogen) atoms. The quantitative estimate of drug-likeness (QED) is 0.0141. The van der Waals surface area contributed by atoms with Gasteiger partial charge in [0.15, 0.2) is 5.78 Å². The molecule has 1 heterocycles. The Labute approximate surface area is 307 Å². The van der Waals surface area contributed by atoms with Crippen molar-refractivity contribution in [1.29, 1.82) is 0 Å². The average Bonchev–Trinajstić information content (AvgIpc) is 3.17. The number of benzene rings is 3. The third kappa shape index (κ3) is 15.9. The lowest BCUT2D eigenvalue weighted by Crippen LogP contribution is -2.27. The monoisotopic (exact) mass is 727 g/mol. The minimum atomic E-state index is -0.239. The Morgan fingerprint density at radius 1 is 0.660 bits per heavy atom. The predicted molar refractivity (Wildman–Crippen MR) is 202 cm³/mol. The molecule has 0 radical (unpaired) electrons. The minimum absolute atomic E-state index is 0.109. The van der Waals surface area contributed by atoms with Gasteiger partial charge in [0, 0.05) is 65.8 Å². The first-order valence-electron chi connectivity index (χ1n) is 17.2. The summed E-state index contributed by atoms with van der Waals surface area (Å²) in [4.78, 5) is 40.9. The summed E-state index contributed by atoms with van der Waals surface area (Å²) >= 11 is 0. The zero-order chi connectivity index (χ0) is 37.4. The number of hydrogen-bond donors (Lipinski definition) is 5. The van der Waals surface area contributed by atoms with Crippen molar-refractivity contribution < 1.29 is 28.5 Å². The van der Waals surface area contributed by atoms with Crippen LogP contribution in [0.1, 0.15) is 33.6 Å². The van der Waals surface area contributed by atoms with E-state index >= 15 is 0 Å². The Bertz CT molecular complexity index is 1720. The van der Waals surface area contributed by atoms with Gasteiger partial charge in [-0.2, -0.15) is 15.0 Å². The topological polar surface area (TPSA) is 233 Å². The molecule has 0 atom stereocenters. The number of aromatic nitrogens is 3. The molecule has 0 aliphatic rings. The van der Waals surface area contributed by atoms with Crippen LogP contribution < -0.4 is 27.0 Å². The fourth-order valence-corrected chi connectivity index (χ4v) is 4.57. The summed E-state index contributed by atoms with van der Waals surface area (Å²) in [5, 5.41) is 15.7. The second-order valence-electron chi connectivity index (χ2n) is 11.2. The number of rotatable bonds is 26. The summed E-state index contributed by atoms with van der Waals surface area (Å²) in [7, 11) is 0. The molecule has 0 fully saturated rings. The van der Waals surface area contributed by atoms with E-state index in [1.165, 1.54) is 0 Å². The second kappa shape index (κ2) is 23.6. The Hall–Kier alpha value is -5.84. The largest absolute Gasteiger partial charge is 0.399 e. The first-order valence-corrected chi connectivity index (χ1v) is 17.2. The van der Waals surface area contributed by atoms with E-state index in [1.807, 2.05) is 42.5 Å². The molecule has 1 aromatic heterocycles. The predicted octanol–water partition coefficient (Wildman–Crippen LogP) is 5.12. The minimum Gasteiger partial charge on any atom is -0.399 e. The van der Waals surface area contributed by atoms with Crippen molar-refractivity contribution in [3.63, 3.8) is 0 Å². The molecule has 0 unspecified atom stereocenters. The smallest absolute Gasteiger partial charge is 0.251 e. The zero-order valence-electron chi connectivity index (χ0n) is 29.4. The number of azide groups is 1. The lowest BCUT2D eigenvalue weighted by atomic mass is 10.1. The van der Waals surface area contributed by atoms with E-state index in [1.54, 1.807) is 36.4 Å². The van der Waals surface area contributed by atoms with Crippen LogP contribution in [-0.2, 0) is 18.9 Å². The number of nitrogen functional groups attached to an aromatic ring is 1. The molecule has 17 heteroatoms. The van der Waals surface area contributed by atoms with Crippen LogP contribution in [0.15, 0.2) is 84.0 Å². The number of Topliss-reactive ketones (excluding diaryl/α,β-unsaturated/α-hetero) is 1. The van der Waals surface area contributed by atoms with Gasteiger partial charge in [0.05, 0.1) is 46.2 Å². The van der Waals surface area contributed by atoms with Gasteiger partial charge in [-0.25, -0.2) is 0 Å². The summed E-state index contributed by atoms with van der Waals surface area (Å²) in [6, 6.07) is 23.3. The van der Waals surface area contributed by atoms with Crippen LogP contribution in [0.2, 0.25) is 0 Å². The molecule has 4 aromatic rings. The SMILES string of the molecule is [N-]=[N+]=NCCOCCOCCNC(=O)c1ccc(Nc2nc(NCCOCCOCCCC(=O)c3ccccc3)nc(Nc3ccc(N)cc3)n2)cc1. The molecule has 0 saturated carbocycles. The number of nitrogens with zero attached hydrogens (tertiary/aromatic N) is 6. The highest BCUT2D eigenvalue weighted by Gasteiger charge is 2.10. The van der Waals surface area contributed by atoms with E-state index in [4.69, 9.17) is 30.2 Å². The maximum Gasteiger partial charge on any atom is 0.251 e.